The third kappa shape index (κ3) is 3.64. The maximum Gasteiger partial charge on any atom is 0.233 e. The van der Waals surface area contributed by atoms with Crippen molar-refractivity contribution >= 4 is 28.0 Å². The van der Waals surface area contributed by atoms with Gasteiger partial charge in [-0.3, -0.25) is 9.98 Å². The molecule has 2 aliphatic rings. The summed E-state index contributed by atoms with van der Waals surface area (Å²) in [6.07, 6.45) is 8.86. The fourth-order valence-corrected chi connectivity index (χ4v) is 6.01. The van der Waals surface area contributed by atoms with Crippen LogP contribution in [0.4, 0.5) is 13.2 Å². The molecule has 0 radical (unpaired) electrons. The van der Waals surface area contributed by atoms with Crippen molar-refractivity contribution in [3.8, 4) is 18.2 Å². The molecule has 2 aromatic heterocycles. The summed E-state index contributed by atoms with van der Waals surface area (Å²) in [4.78, 5) is 17.6. The molecular weight excluding hydrogens is 463 g/mol. The number of aliphatic imine (C=N–C) groups is 1. The Kier molecular flexibility index (Phi) is 5.40. The van der Waals surface area contributed by atoms with Crippen molar-refractivity contribution in [3.05, 3.63) is 59.0 Å². The zero-order valence-corrected chi connectivity index (χ0v) is 19.0. The number of amidine groups is 1. The highest BCUT2D eigenvalue weighted by Gasteiger charge is 2.66. The highest BCUT2D eigenvalue weighted by Crippen LogP contribution is 2.66. The van der Waals surface area contributed by atoms with E-state index in [0.29, 0.717) is 28.7 Å². The van der Waals surface area contributed by atoms with E-state index in [4.69, 9.17) is 16.9 Å². The van der Waals surface area contributed by atoms with Gasteiger partial charge in [0.25, 0.3) is 0 Å². The smallest absolute Gasteiger partial charge is 0.233 e. The quantitative estimate of drug-likeness (QED) is 0.535. The molecule has 34 heavy (non-hydrogen) atoms. The van der Waals surface area contributed by atoms with Crippen molar-refractivity contribution < 1.29 is 17.9 Å². The Hall–Kier alpha value is -3.32. The Morgan fingerprint density at radius 1 is 1.32 bits per heavy atom. The first-order chi connectivity index (χ1) is 16.3. The Morgan fingerprint density at radius 2 is 2.15 bits per heavy atom. The average Bonchev–Trinajstić information content (AvgIpc) is 3.56. The van der Waals surface area contributed by atoms with Gasteiger partial charge in [-0.15, -0.1) is 6.42 Å². The lowest BCUT2D eigenvalue weighted by Gasteiger charge is -2.33. The molecule has 6 nitrogen and oxygen atoms in total. The van der Waals surface area contributed by atoms with Crippen molar-refractivity contribution in [3.63, 3.8) is 0 Å². The lowest BCUT2D eigenvalue weighted by atomic mass is 9.84. The van der Waals surface area contributed by atoms with E-state index in [0.717, 1.165) is 6.07 Å². The number of rotatable bonds is 6. The third-order valence-electron chi connectivity index (χ3n) is 6.40. The Balaban J connectivity index is 1.53. The van der Waals surface area contributed by atoms with Crippen LogP contribution in [0.3, 0.4) is 0 Å². The average molecular weight is 484 g/mol. The molecule has 1 aliphatic carbocycles. The first kappa shape index (κ1) is 22.5. The maximum absolute atomic E-state index is 15.0. The fraction of sp³-hybridized carbons (Fsp3) is 0.333. The standard InChI is InChI=1S/C24H20F3N5OS/c1-3-6-33-19-11-30-21-16(31-19)4-5-29-17(21)9-13-7-14(20(27)15(26)8-13)23(2)18-10-24(18,12-25)34-22(28)32-23/h1,4-5,7-8,11,18H,6,9-10,12H2,2H3,(H2,28,32)/t18-,23+,24+/m0/s1. The molecule has 0 spiro atoms. The number of hydrogen-bond acceptors (Lipinski definition) is 7. The second kappa shape index (κ2) is 8.17. The molecule has 1 aliphatic heterocycles. The fourth-order valence-electron chi connectivity index (χ4n) is 4.68. The molecule has 1 aromatic carbocycles. The van der Waals surface area contributed by atoms with Gasteiger partial charge in [0.2, 0.25) is 5.88 Å². The molecule has 0 unspecified atom stereocenters. The van der Waals surface area contributed by atoms with Crippen LogP contribution in [-0.4, -0.2) is 38.1 Å². The van der Waals surface area contributed by atoms with Gasteiger partial charge in [-0.25, -0.2) is 23.1 Å². The van der Waals surface area contributed by atoms with Gasteiger partial charge in [-0.1, -0.05) is 17.7 Å². The topological polar surface area (TPSA) is 86.3 Å². The molecule has 10 heteroatoms. The summed E-state index contributed by atoms with van der Waals surface area (Å²) < 4.78 is 48.2. The van der Waals surface area contributed by atoms with E-state index >= 15 is 4.39 Å². The van der Waals surface area contributed by atoms with E-state index in [1.807, 2.05) is 0 Å². The van der Waals surface area contributed by atoms with Crippen LogP contribution < -0.4 is 10.5 Å². The third-order valence-corrected chi connectivity index (χ3v) is 7.67. The van der Waals surface area contributed by atoms with Crippen LogP contribution in [0, 0.1) is 29.9 Å². The van der Waals surface area contributed by atoms with Gasteiger partial charge >= 0.3 is 0 Å². The SMILES string of the molecule is C#CCOc1cnc2c(Cc3cc(F)c(F)c([C@@]4(C)N=C(N)S[C@@]5(CF)C[C@H]54)c3)nccc2n1. The van der Waals surface area contributed by atoms with E-state index in [2.05, 4.69) is 25.9 Å². The molecular formula is C24H20F3N5OS. The number of alkyl halides is 1. The number of terminal acetylenes is 1. The van der Waals surface area contributed by atoms with Gasteiger partial charge in [-0.2, -0.15) is 0 Å². The molecule has 1 saturated carbocycles. The second-order valence-electron chi connectivity index (χ2n) is 8.60. The van der Waals surface area contributed by atoms with E-state index < -0.39 is 28.6 Å². The number of fused-ring (bicyclic) bond motifs is 2. The first-order valence-electron chi connectivity index (χ1n) is 10.6. The van der Waals surface area contributed by atoms with Gasteiger partial charge in [0, 0.05) is 24.1 Å². The zero-order chi connectivity index (χ0) is 24.1. The maximum atomic E-state index is 15.0. The van der Waals surface area contributed by atoms with Crippen molar-refractivity contribution in [2.75, 3.05) is 13.3 Å². The van der Waals surface area contributed by atoms with Gasteiger partial charge in [0.1, 0.15) is 12.2 Å². The number of pyridine rings is 1. The van der Waals surface area contributed by atoms with Crippen LogP contribution in [0.25, 0.3) is 11.0 Å². The number of thioether (sulfide) groups is 1. The summed E-state index contributed by atoms with van der Waals surface area (Å²) in [5.74, 6) is 0.338. The van der Waals surface area contributed by atoms with Crippen LogP contribution in [0.1, 0.15) is 30.2 Å². The summed E-state index contributed by atoms with van der Waals surface area (Å²) in [6.45, 7) is 1.14. The molecule has 5 rings (SSSR count). The second-order valence-corrected chi connectivity index (χ2v) is 10.0. The molecule has 2 N–H and O–H groups in total. The monoisotopic (exact) mass is 483 g/mol. The van der Waals surface area contributed by atoms with E-state index in [-0.39, 0.29) is 35.6 Å². The van der Waals surface area contributed by atoms with Crippen molar-refractivity contribution in [1.82, 2.24) is 15.0 Å². The Morgan fingerprint density at radius 3 is 2.91 bits per heavy atom. The Bertz CT molecular complexity index is 1380. The van der Waals surface area contributed by atoms with E-state index in [9.17, 15) is 8.78 Å². The van der Waals surface area contributed by atoms with E-state index in [1.54, 1.807) is 25.3 Å². The highest BCUT2D eigenvalue weighted by molar-refractivity contribution is 8.15. The molecule has 3 aromatic rings. The number of nitrogens with zero attached hydrogens (tertiary/aromatic N) is 4. The largest absolute Gasteiger partial charge is 0.463 e. The summed E-state index contributed by atoms with van der Waals surface area (Å²) in [5, 5.41) is 0.174. The predicted molar refractivity (Wildman–Crippen MR) is 124 cm³/mol. The first-order valence-corrected chi connectivity index (χ1v) is 11.4. The van der Waals surface area contributed by atoms with Gasteiger partial charge in [0.05, 0.1) is 27.7 Å². The van der Waals surface area contributed by atoms with Crippen LogP contribution >= 0.6 is 11.8 Å². The minimum Gasteiger partial charge on any atom is -0.463 e. The summed E-state index contributed by atoms with van der Waals surface area (Å²) in [5.41, 5.74) is 6.89. The van der Waals surface area contributed by atoms with Crippen LogP contribution in [0.5, 0.6) is 5.88 Å². The normalized spacial score (nSPS) is 25.4. The molecule has 0 bridgehead atoms. The molecule has 0 amide bonds. The summed E-state index contributed by atoms with van der Waals surface area (Å²) in [6, 6.07) is 4.36. The number of hydrogen-bond donors (Lipinski definition) is 1. The van der Waals surface area contributed by atoms with Crippen LogP contribution in [-0.2, 0) is 12.0 Å². The molecule has 3 atom stereocenters. The minimum absolute atomic E-state index is 0.0577. The zero-order valence-electron chi connectivity index (χ0n) is 18.2. The van der Waals surface area contributed by atoms with E-state index in [1.165, 1.54) is 18.0 Å². The molecule has 0 saturated heterocycles. The Labute approximate surface area is 198 Å². The number of halogens is 3. The number of nitrogens with two attached hydrogens (primary N) is 1. The number of ether oxygens (including phenoxy) is 1. The van der Waals surface area contributed by atoms with Crippen LogP contribution in [0.15, 0.2) is 35.6 Å². The lowest BCUT2D eigenvalue weighted by Crippen LogP contribution is -2.37. The van der Waals surface area contributed by atoms with Gasteiger partial charge in [-0.05, 0) is 37.1 Å². The van der Waals surface area contributed by atoms with Gasteiger partial charge in [0.15, 0.2) is 23.4 Å². The molecule has 1 fully saturated rings. The minimum atomic E-state index is -1.17. The number of benzene rings is 1. The number of aromatic nitrogens is 3. The van der Waals surface area contributed by atoms with Crippen molar-refractivity contribution in [2.45, 2.75) is 30.1 Å². The summed E-state index contributed by atoms with van der Waals surface area (Å²) in [7, 11) is 0. The van der Waals surface area contributed by atoms with Crippen molar-refractivity contribution in [1.29, 1.82) is 0 Å². The van der Waals surface area contributed by atoms with Crippen LogP contribution in [0.2, 0.25) is 0 Å². The molecule has 174 valence electrons. The van der Waals surface area contributed by atoms with Crippen molar-refractivity contribution in [2.24, 2.45) is 16.6 Å². The van der Waals surface area contributed by atoms with Gasteiger partial charge < -0.3 is 10.5 Å². The predicted octanol–water partition coefficient (Wildman–Crippen LogP) is 3.91. The highest BCUT2D eigenvalue weighted by atomic mass is 32.2. The lowest BCUT2D eigenvalue weighted by molar-refractivity contribution is 0.355. The summed E-state index contributed by atoms with van der Waals surface area (Å²) >= 11 is 1.17. The molecule has 3 heterocycles.